The molecule has 10 heteroatoms. The molecule has 2 saturated heterocycles. The van der Waals surface area contributed by atoms with Crippen LogP contribution in [0.2, 0.25) is 10.0 Å². The van der Waals surface area contributed by atoms with Crippen LogP contribution in [0.3, 0.4) is 0 Å². The van der Waals surface area contributed by atoms with Gasteiger partial charge in [-0.2, -0.15) is 0 Å². The first-order valence-electron chi connectivity index (χ1n) is 9.19. The number of sulfone groups is 1. The molecule has 2 atom stereocenters. The highest BCUT2D eigenvalue weighted by atomic mass is 35.5. The minimum atomic E-state index is -3.02. The Bertz CT molecular complexity index is 791. The lowest BCUT2D eigenvalue weighted by molar-refractivity contribution is -0.136. The topological polar surface area (TPSA) is 84.9 Å². The monoisotopic (exact) mass is 450 g/mol. The zero-order valence-corrected chi connectivity index (χ0v) is 17.7. The van der Waals surface area contributed by atoms with Crippen molar-refractivity contribution in [3.63, 3.8) is 0 Å². The normalized spacial score (nSPS) is 25.3. The van der Waals surface area contributed by atoms with Gasteiger partial charge in [0.25, 0.3) is 0 Å². The Labute approximate surface area is 175 Å². The fraction of sp³-hybridized carbons (Fsp3) is 0.611. The third-order valence-electron chi connectivity index (χ3n) is 4.94. The summed E-state index contributed by atoms with van der Waals surface area (Å²) >= 11 is 12.2. The van der Waals surface area contributed by atoms with Crippen LogP contribution in [-0.4, -0.2) is 76.7 Å². The molecule has 156 valence electrons. The smallest absolute Gasteiger partial charge is 0.248 e. The molecular weight excluding hydrogens is 427 g/mol. The summed E-state index contributed by atoms with van der Waals surface area (Å²) in [5, 5.41) is 4.26. The first-order valence-corrected chi connectivity index (χ1v) is 11.8. The molecule has 2 unspecified atom stereocenters. The van der Waals surface area contributed by atoms with Crippen molar-refractivity contribution in [3.8, 4) is 0 Å². The Hall–Kier alpha value is -0.900. The lowest BCUT2D eigenvalue weighted by Crippen LogP contribution is -2.45. The molecule has 0 spiro atoms. The van der Waals surface area contributed by atoms with Crippen LogP contribution in [-0.2, 0) is 24.1 Å². The first kappa shape index (κ1) is 21.8. The van der Waals surface area contributed by atoms with Crippen molar-refractivity contribution >= 4 is 38.9 Å². The van der Waals surface area contributed by atoms with Crippen molar-refractivity contribution in [1.82, 2.24) is 10.2 Å². The number of carbonyl (C=O) groups is 1. The molecule has 28 heavy (non-hydrogen) atoms. The van der Waals surface area contributed by atoms with Gasteiger partial charge in [0.1, 0.15) is 6.61 Å². The van der Waals surface area contributed by atoms with Gasteiger partial charge in [-0.3, -0.25) is 4.79 Å². The van der Waals surface area contributed by atoms with Gasteiger partial charge in [0, 0.05) is 32.1 Å². The van der Waals surface area contributed by atoms with Crippen molar-refractivity contribution in [2.45, 2.75) is 6.10 Å². The van der Waals surface area contributed by atoms with Crippen LogP contribution in [0.15, 0.2) is 18.2 Å². The molecular formula is C18H24Cl2N2O5S. The SMILES string of the molecule is O=C(COCC1CNCCOC1c1ccc(Cl)c(Cl)c1)N1CCS(=O)(=O)CC1. The van der Waals surface area contributed by atoms with E-state index in [9.17, 15) is 13.2 Å². The van der Waals surface area contributed by atoms with Crippen LogP contribution in [0.4, 0.5) is 0 Å². The van der Waals surface area contributed by atoms with E-state index in [0.717, 1.165) is 12.1 Å². The van der Waals surface area contributed by atoms with E-state index in [1.54, 1.807) is 17.0 Å². The second-order valence-corrected chi connectivity index (χ2v) is 10.1. The summed E-state index contributed by atoms with van der Waals surface area (Å²) in [6.45, 7) is 2.68. The molecule has 0 bridgehead atoms. The Morgan fingerprint density at radius 2 is 2.00 bits per heavy atom. The fourth-order valence-corrected chi connectivity index (χ4v) is 4.85. The molecule has 0 saturated carbocycles. The summed E-state index contributed by atoms with van der Waals surface area (Å²) in [6.07, 6.45) is -0.222. The van der Waals surface area contributed by atoms with Crippen molar-refractivity contribution < 1.29 is 22.7 Å². The van der Waals surface area contributed by atoms with E-state index in [4.69, 9.17) is 32.7 Å². The lowest BCUT2D eigenvalue weighted by Gasteiger charge is -2.28. The molecule has 2 fully saturated rings. The van der Waals surface area contributed by atoms with Crippen molar-refractivity contribution in [2.75, 3.05) is 57.5 Å². The third kappa shape index (κ3) is 5.81. The highest BCUT2D eigenvalue weighted by molar-refractivity contribution is 7.91. The predicted octanol–water partition coefficient (Wildman–Crippen LogP) is 1.54. The van der Waals surface area contributed by atoms with Gasteiger partial charge in [-0.15, -0.1) is 0 Å². The van der Waals surface area contributed by atoms with Gasteiger partial charge in [-0.05, 0) is 17.7 Å². The van der Waals surface area contributed by atoms with Crippen LogP contribution >= 0.6 is 23.2 Å². The molecule has 0 aromatic heterocycles. The Morgan fingerprint density at radius 1 is 1.25 bits per heavy atom. The van der Waals surface area contributed by atoms with Gasteiger partial charge in [-0.25, -0.2) is 8.42 Å². The maximum Gasteiger partial charge on any atom is 0.248 e. The van der Waals surface area contributed by atoms with E-state index in [1.165, 1.54) is 0 Å². The average Bonchev–Trinajstić information content (AvgIpc) is 2.89. The number of nitrogens with zero attached hydrogens (tertiary/aromatic N) is 1. The quantitative estimate of drug-likeness (QED) is 0.732. The Morgan fingerprint density at radius 3 is 2.71 bits per heavy atom. The largest absolute Gasteiger partial charge is 0.372 e. The standard InChI is InChI=1S/C18H24Cl2N2O5S/c19-15-2-1-13(9-16(15)20)18-14(10-21-3-6-27-18)11-26-12-17(23)22-4-7-28(24,25)8-5-22/h1-2,9,14,18,21H,3-8,10-12H2. The summed E-state index contributed by atoms with van der Waals surface area (Å²) in [7, 11) is -3.02. The van der Waals surface area contributed by atoms with E-state index < -0.39 is 9.84 Å². The van der Waals surface area contributed by atoms with E-state index in [-0.39, 0.29) is 49.1 Å². The Kier molecular flexibility index (Phi) is 7.58. The second kappa shape index (κ2) is 9.73. The number of amides is 1. The number of rotatable bonds is 5. The van der Waals surface area contributed by atoms with Crippen molar-refractivity contribution in [3.05, 3.63) is 33.8 Å². The first-order chi connectivity index (χ1) is 13.4. The zero-order chi connectivity index (χ0) is 20.1. The van der Waals surface area contributed by atoms with Crippen molar-refractivity contribution in [2.24, 2.45) is 5.92 Å². The molecule has 2 aliphatic rings. The highest BCUT2D eigenvalue weighted by Crippen LogP contribution is 2.32. The van der Waals surface area contributed by atoms with Gasteiger partial charge >= 0.3 is 0 Å². The summed E-state index contributed by atoms with van der Waals surface area (Å²) in [4.78, 5) is 13.8. The molecule has 1 N–H and O–H groups in total. The molecule has 1 aromatic carbocycles. The predicted molar refractivity (Wildman–Crippen MR) is 108 cm³/mol. The Balaban J connectivity index is 1.56. The number of hydrogen-bond donors (Lipinski definition) is 1. The lowest BCUT2D eigenvalue weighted by atomic mass is 9.96. The second-order valence-electron chi connectivity index (χ2n) is 6.98. The van der Waals surface area contributed by atoms with Gasteiger partial charge in [0.15, 0.2) is 9.84 Å². The number of hydrogen-bond acceptors (Lipinski definition) is 6. The number of nitrogens with one attached hydrogen (secondary N) is 1. The summed E-state index contributed by atoms with van der Waals surface area (Å²) < 4.78 is 34.6. The van der Waals surface area contributed by atoms with Gasteiger partial charge in [0.2, 0.25) is 5.91 Å². The molecule has 1 aromatic rings. The van der Waals surface area contributed by atoms with Crippen LogP contribution in [0.5, 0.6) is 0 Å². The summed E-state index contributed by atoms with van der Waals surface area (Å²) in [6, 6.07) is 5.43. The van der Waals surface area contributed by atoms with Crippen LogP contribution in [0, 0.1) is 5.92 Å². The maximum absolute atomic E-state index is 12.3. The van der Waals surface area contributed by atoms with E-state index in [2.05, 4.69) is 5.32 Å². The summed E-state index contributed by atoms with van der Waals surface area (Å²) in [5.41, 5.74) is 0.916. The van der Waals surface area contributed by atoms with Gasteiger partial charge in [-0.1, -0.05) is 29.3 Å². The van der Waals surface area contributed by atoms with E-state index in [0.29, 0.717) is 29.8 Å². The number of carbonyl (C=O) groups excluding carboxylic acids is 1. The minimum Gasteiger partial charge on any atom is -0.372 e. The average molecular weight is 451 g/mol. The number of benzene rings is 1. The van der Waals surface area contributed by atoms with Crippen molar-refractivity contribution in [1.29, 1.82) is 0 Å². The molecule has 7 nitrogen and oxygen atoms in total. The number of halogens is 2. The maximum atomic E-state index is 12.3. The highest BCUT2D eigenvalue weighted by Gasteiger charge is 2.28. The zero-order valence-electron chi connectivity index (χ0n) is 15.4. The van der Waals surface area contributed by atoms with Gasteiger partial charge in [0.05, 0.1) is 40.9 Å². The van der Waals surface area contributed by atoms with Crippen LogP contribution in [0.1, 0.15) is 11.7 Å². The van der Waals surface area contributed by atoms with Crippen LogP contribution in [0.25, 0.3) is 0 Å². The molecule has 1 amide bonds. The third-order valence-corrected chi connectivity index (χ3v) is 7.29. The van der Waals surface area contributed by atoms with Gasteiger partial charge < -0.3 is 19.7 Å². The fourth-order valence-electron chi connectivity index (χ4n) is 3.34. The molecule has 0 radical (unpaired) electrons. The van der Waals surface area contributed by atoms with E-state index >= 15 is 0 Å². The molecule has 3 rings (SSSR count). The molecule has 0 aliphatic carbocycles. The number of ether oxygens (including phenoxy) is 2. The molecule has 2 aliphatic heterocycles. The van der Waals surface area contributed by atoms with Crippen LogP contribution < -0.4 is 5.32 Å². The minimum absolute atomic E-state index is 0.00530. The van der Waals surface area contributed by atoms with E-state index in [1.807, 2.05) is 6.07 Å². The molecule has 2 heterocycles. The summed E-state index contributed by atoms with van der Waals surface area (Å²) in [5.74, 6) is -0.172.